The summed E-state index contributed by atoms with van der Waals surface area (Å²) in [7, 11) is 0. The average Bonchev–Trinajstić information content (AvgIpc) is 2.31. The van der Waals surface area contributed by atoms with Crippen molar-refractivity contribution >= 4 is 34.9 Å². The standard InChI is InChI=1S/C13H13Cl2NO3/c14-8-1-2-10(11(15)5-8)12(18)6-16-13(19)7-3-9(17)4-7/h1-2,5,7,12,18H,3-4,6H2,(H,16,19). The van der Waals surface area contributed by atoms with E-state index in [1.807, 2.05) is 0 Å². The SMILES string of the molecule is O=C1CC(C(=O)NCC(O)c2ccc(Cl)cc2Cl)C1. The Morgan fingerprint density at radius 3 is 2.68 bits per heavy atom. The van der Waals surface area contributed by atoms with E-state index in [0.29, 0.717) is 28.5 Å². The third kappa shape index (κ3) is 3.47. The van der Waals surface area contributed by atoms with Crippen LogP contribution in [-0.4, -0.2) is 23.3 Å². The molecule has 0 aromatic heterocycles. The molecule has 4 nitrogen and oxygen atoms in total. The van der Waals surface area contributed by atoms with Crippen molar-refractivity contribution in [1.82, 2.24) is 5.32 Å². The van der Waals surface area contributed by atoms with Gasteiger partial charge >= 0.3 is 0 Å². The predicted octanol–water partition coefficient (Wildman–Crippen LogP) is 2.12. The quantitative estimate of drug-likeness (QED) is 0.895. The van der Waals surface area contributed by atoms with Crippen molar-refractivity contribution in [1.29, 1.82) is 0 Å². The highest BCUT2D eigenvalue weighted by molar-refractivity contribution is 6.35. The highest BCUT2D eigenvalue weighted by Gasteiger charge is 2.32. The Balaban J connectivity index is 1.88. The van der Waals surface area contributed by atoms with Crippen molar-refractivity contribution in [2.24, 2.45) is 5.92 Å². The summed E-state index contributed by atoms with van der Waals surface area (Å²) in [6, 6.07) is 4.78. The molecule has 1 saturated carbocycles. The van der Waals surface area contributed by atoms with Crippen molar-refractivity contribution in [3.05, 3.63) is 33.8 Å². The number of Topliss-reactive ketones (excluding diaryl/α,β-unsaturated/α-hetero) is 1. The smallest absolute Gasteiger partial charge is 0.224 e. The van der Waals surface area contributed by atoms with Crippen LogP contribution in [0.15, 0.2) is 18.2 Å². The van der Waals surface area contributed by atoms with Crippen LogP contribution in [0.1, 0.15) is 24.5 Å². The van der Waals surface area contributed by atoms with Gasteiger partial charge in [0.1, 0.15) is 5.78 Å². The summed E-state index contributed by atoms with van der Waals surface area (Å²) < 4.78 is 0. The lowest BCUT2D eigenvalue weighted by atomic mass is 9.83. The summed E-state index contributed by atoms with van der Waals surface area (Å²) in [6.07, 6.45) is -0.308. The van der Waals surface area contributed by atoms with E-state index in [-0.39, 0.29) is 24.2 Å². The summed E-state index contributed by atoms with van der Waals surface area (Å²) in [4.78, 5) is 22.4. The number of halogens is 2. The largest absolute Gasteiger partial charge is 0.387 e. The van der Waals surface area contributed by atoms with Crippen LogP contribution in [0.5, 0.6) is 0 Å². The molecule has 0 heterocycles. The van der Waals surface area contributed by atoms with E-state index in [2.05, 4.69) is 5.32 Å². The summed E-state index contributed by atoms with van der Waals surface area (Å²) in [5.74, 6) is -0.356. The maximum atomic E-state index is 11.6. The molecule has 1 aliphatic rings. The third-order valence-electron chi connectivity index (χ3n) is 3.11. The number of carbonyl (C=O) groups excluding carboxylic acids is 2. The monoisotopic (exact) mass is 301 g/mol. The molecule has 1 aliphatic carbocycles. The Kier molecular flexibility index (Phi) is 4.45. The first kappa shape index (κ1) is 14.3. The molecule has 0 aliphatic heterocycles. The molecule has 1 fully saturated rings. The molecule has 6 heteroatoms. The maximum absolute atomic E-state index is 11.6. The van der Waals surface area contributed by atoms with Crippen molar-refractivity contribution in [2.45, 2.75) is 18.9 Å². The number of benzene rings is 1. The van der Waals surface area contributed by atoms with Gasteiger partial charge in [0.2, 0.25) is 5.91 Å². The molecule has 1 aromatic rings. The first-order valence-corrected chi connectivity index (χ1v) is 6.65. The van der Waals surface area contributed by atoms with Crippen LogP contribution in [0.3, 0.4) is 0 Å². The molecular formula is C13H13Cl2NO3. The number of ketones is 1. The fourth-order valence-corrected chi connectivity index (χ4v) is 2.43. The van der Waals surface area contributed by atoms with Crippen LogP contribution in [0.2, 0.25) is 10.0 Å². The Bertz CT molecular complexity index is 511. The maximum Gasteiger partial charge on any atom is 0.224 e. The second-order valence-electron chi connectivity index (χ2n) is 4.57. The van der Waals surface area contributed by atoms with Gasteiger partial charge in [-0.1, -0.05) is 29.3 Å². The van der Waals surface area contributed by atoms with Gasteiger partial charge in [-0.25, -0.2) is 0 Å². The molecule has 0 spiro atoms. The number of hydrogen-bond acceptors (Lipinski definition) is 3. The molecule has 102 valence electrons. The number of aliphatic hydroxyl groups excluding tert-OH is 1. The summed E-state index contributed by atoms with van der Waals surface area (Å²) in [5, 5.41) is 13.4. The van der Waals surface area contributed by atoms with Crippen molar-refractivity contribution in [3.63, 3.8) is 0 Å². The average molecular weight is 302 g/mol. The Morgan fingerprint density at radius 1 is 1.42 bits per heavy atom. The third-order valence-corrected chi connectivity index (χ3v) is 3.67. The normalized spacial score (nSPS) is 16.9. The zero-order valence-electron chi connectivity index (χ0n) is 10.0. The Hall–Kier alpha value is -1.10. The first-order valence-electron chi connectivity index (χ1n) is 5.90. The molecule has 0 bridgehead atoms. The fourth-order valence-electron chi connectivity index (χ4n) is 1.90. The number of amides is 1. The van der Waals surface area contributed by atoms with Crippen LogP contribution < -0.4 is 5.32 Å². The van der Waals surface area contributed by atoms with Gasteiger partial charge in [-0.3, -0.25) is 9.59 Å². The van der Waals surface area contributed by atoms with Crippen LogP contribution in [0.4, 0.5) is 0 Å². The second kappa shape index (κ2) is 5.90. The van der Waals surface area contributed by atoms with E-state index in [4.69, 9.17) is 23.2 Å². The zero-order valence-corrected chi connectivity index (χ0v) is 11.5. The molecule has 1 unspecified atom stereocenters. The lowest BCUT2D eigenvalue weighted by Crippen LogP contribution is -2.40. The molecule has 2 rings (SSSR count). The molecule has 0 saturated heterocycles. The zero-order chi connectivity index (χ0) is 14.0. The topological polar surface area (TPSA) is 66.4 Å². The number of carbonyl (C=O) groups is 2. The summed E-state index contributed by atoms with van der Waals surface area (Å²) in [5.41, 5.74) is 0.510. The van der Waals surface area contributed by atoms with Gasteiger partial charge in [0.25, 0.3) is 0 Å². The van der Waals surface area contributed by atoms with Crippen molar-refractivity contribution in [2.75, 3.05) is 6.54 Å². The number of aliphatic hydroxyl groups is 1. The first-order chi connectivity index (χ1) is 8.97. The summed E-state index contributed by atoms with van der Waals surface area (Å²) >= 11 is 11.7. The van der Waals surface area contributed by atoms with E-state index >= 15 is 0 Å². The van der Waals surface area contributed by atoms with Crippen LogP contribution in [0, 0.1) is 5.92 Å². The Labute approximate surface area is 120 Å². The van der Waals surface area contributed by atoms with Gasteiger partial charge < -0.3 is 10.4 Å². The molecule has 0 radical (unpaired) electrons. The minimum atomic E-state index is -0.899. The lowest BCUT2D eigenvalue weighted by molar-refractivity contribution is -0.138. The van der Waals surface area contributed by atoms with Crippen LogP contribution >= 0.6 is 23.2 Å². The Morgan fingerprint density at radius 2 is 2.11 bits per heavy atom. The van der Waals surface area contributed by atoms with Gasteiger partial charge in [-0.15, -0.1) is 0 Å². The fraction of sp³-hybridized carbons (Fsp3) is 0.385. The molecule has 2 N–H and O–H groups in total. The van der Waals surface area contributed by atoms with Gasteiger partial charge in [-0.05, 0) is 12.1 Å². The lowest BCUT2D eigenvalue weighted by Gasteiger charge is -2.23. The van der Waals surface area contributed by atoms with Crippen molar-refractivity contribution in [3.8, 4) is 0 Å². The minimum absolute atomic E-state index is 0.0604. The molecule has 1 aromatic carbocycles. The molecule has 19 heavy (non-hydrogen) atoms. The van der Waals surface area contributed by atoms with Crippen molar-refractivity contribution < 1.29 is 14.7 Å². The predicted molar refractivity (Wildman–Crippen MR) is 72.2 cm³/mol. The molecular weight excluding hydrogens is 289 g/mol. The highest BCUT2D eigenvalue weighted by Crippen LogP contribution is 2.26. The van der Waals surface area contributed by atoms with E-state index in [1.165, 1.54) is 6.07 Å². The van der Waals surface area contributed by atoms with E-state index in [9.17, 15) is 14.7 Å². The minimum Gasteiger partial charge on any atom is -0.387 e. The number of hydrogen-bond donors (Lipinski definition) is 2. The van der Waals surface area contributed by atoms with Crippen LogP contribution in [-0.2, 0) is 9.59 Å². The van der Waals surface area contributed by atoms with Gasteiger partial charge in [0.05, 0.1) is 12.0 Å². The molecule has 1 atom stereocenters. The number of nitrogens with one attached hydrogen (secondary N) is 1. The van der Waals surface area contributed by atoms with E-state index in [1.54, 1.807) is 12.1 Å². The highest BCUT2D eigenvalue weighted by atomic mass is 35.5. The summed E-state index contributed by atoms with van der Waals surface area (Å²) in [6.45, 7) is 0.0604. The van der Waals surface area contributed by atoms with E-state index in [0.717, 1.165) is 0 Å². The van der Waals surface area contributed by atoms with Gasteiger partial charge in [0, 0.05) is 35.0 Å². The van der Waals surface area contributed by atoms with E-state index < -0.39 is 6.10 Å². The number of rotatable bonds is 4. The second-order valence-corrected chi connectivity index (χ2v) is 5.41. The van der Waals surface area contributed by atoms with Gasteiger partial charge in [-0.2, -0.15) is 0 Å². The van der Waals surface area contributed by atoms with Gasteiger partial charge in [0.15, 0.2) is 0 Å². The molecule has 1 amide bonds. The van der Waals surface area contributed by atoms with Crippen LogP contribution in [0.25, 0.3) is 0 Å².